The average Bonchev–Trinajstić information content (AvgIpc) is 3.09. The standard InChI is InChI=1S/C20H22FN3O2/c1-4-24-12-14(11-22-24)9-15-5-8-19(26-3)23-20(15)17-7-6-16(21)10-18(17)13(2)25/h5-8,10-13,25H,4,9H2,1-3H3. The maximum atomic E-state index is 13.7. The van der Waals surface area contributed by atoms with Gasteiger partial charge in [0.15, 0.2) is 0 Å². The molecule has 1 unspecified atom stereocenters. The molecule has 0 radical (unpaired) electrons. The van der Waals surface area contributed by atoms with Crippen LogP contribution < -0.4 is 4.74 Å². The first-order chi connectivity index (χ1) is 12.5. The highest BCUT2D eigenvalue weighted by atomic mass is 19.1. The Labute approximate surface area is 152 Å². The summed E-state index contributed by atoms with van der Waals surface area (Å²) in [5.74, 6) is 0.0761. The number of aryl methyl sites for hydroxylation is 1. The number of aromatic nitrogens is 3. The molecule has 3 rings (SSSR count). The van der Waals surface area contributed by atoms with Crippen LogP contribution in [0.5, 0.6) is 5.88 Å². The fourth-order valence-corrected chi connectivity index (χ4v) is 2.95. The van der Waals surface area contributed by atoms with Crippen molar-refractivity contribution in [2.24, 2.45) is 0 Å². The lowest BCUT2D eigenvalue weighted by atomic mass is 9.95. The zero-order valence-corrected chi connectivity index (χ0v) is 15.1. The summed E-state index contributed by atoms with van der Waals surface area (Å²) in [6.45, 7) is 4.45. The maximum absolute atomic E-state index is 13.7. The molecule has 0 saturated carbocycles. The Morgan fingerprint density at radius 1 is 1.27 bits per heavy atom. The fourth-order valence-electron chi connectivity index (χ4n) is 2.95. The van der Waals surface area contributed by atoms with E-state index in [4.69, 9.17) is 4.74 Å². The Kier molecular flexibility index (Phi) is 5.32. The molecule has 2 heterocycles. The van der Waals surface area contributed by atoms with E-state index in [1.54, 1.807) is 26.2 Å². The van der Waals surface area contributed by atoms with Crippen molar-refractivity contribution in [2.45, 2.75) is 32.9 Å². The number of benzene rings is 1. The van der Waals surface area contributed by atoms with Crippen molar-refractivity contribution < 1.29 is 14.2 Å². The summed E-state index contributed by atoms with van der Waals surface area (Å²) in [4.78, 5) is 4.57. The van der Waals surface area contributed by atoms with Gasteiger partial charge in [0.2, 0.25) is 5.88 Å². The third kappa shape index (κ3) is 3.75. The van der Waals surface area contributed by atoms with Gasteiger partial charge in [-0.05, 0) is 48.7 Å². The zero-order chi connectivity index (χ0) is 18.7. The first-order valence-corrected chi connectivity index (χ1v) is 8.55. The van der Waals surface area contributed by atoms with E-state index >= 15 is 0 Å². The van der Waals surface area contributed by atoms with Crippen molar-refractivity contribution in [3.8, 4) is 17.1 Å². The fraction of sp³-hybridized carbons (Fsp3) is 0.300. The van der Waals surface area contributed by atoms with Gasteiger partial charge in [-0.2, -0.15) is 5.10 Å². The molecule has 6 heteroatoms. The number of pyridine rings is 1. The van der Waals surface area contributed by atoms with E-state index in [2.05, 4.69) is 10.1 Å². The van der Waals surface area contributed by atoms with Crippen LogP contribution in [0, 0.1) is 5.82 Å². The van der Waals surface area contributed by atoms with Gasteiger partial charge in [-0.15, -0.1) is 0 Å². The van der Waals surface area contributed by atoms with Gasteiger partial charge in [-0.25, -0.2) is 9.37 Å². The molecule has 26 heavy (non-hydrogen) atoms. The summed E-state index contributed by atoms with van der Waals surface area (Å²) >= 11 is 0. The number of methoxy groups -OCH3 is 1. The molecule has 3 aromatic rings. The third-order valence-electron chi connectivity index (χ3n) is 4.29. The van der Waals surface area contributed by atoms with Gasteiger partial charge in [0.05, 0.1) is 25.1 Å². The van der Waals surface area contributed by atoms with E-state index in [0.717, 1.165) is 17.7 Å². The number of halogens is 1. The second-order valence-corrected chi connectivity index (χ2v) is 6.15. The van der Waals surface area contributed by atoms with E-state index in [1.807, 2.05) is 30.1 Å². The predicted molar refractivity (Wildman–Crippen MR) is 97.5 cm³/mol. The molecule has 0 fully saturated rings. The van der Waals surface area contributed by atoms with E-state index in [9.17, 15) is 9.50 Å². The summed E-state index contributed by atoms with van der Waals surface area (Å²) < 4.78 is 20.8. The minimum absolute atomic E-state index is 0.390. The van der Waals surface area contributed by atoms with Crippen LogP contribution >= 0.6 is 0 Å². The molecule has 0 amide bonds. The number of ether oxygens (including phenoxy) is 1. The topological polar surface area (TPSA) is 60.2 Å². The average molecular weight is 355 g/mol. The smallest absolute Gasteiger partial charge is 0.213 e. The van der Waals surface area contributed by atoms with Crippen molar-refractivity contribution in [3.63, 3.8) is 0 Å². The third-order valence-corrected chi connectivity index (χ3v) is 4.29. The number of hydrogen-bond acceptors (Lipinski definition) is 4. The molecule has 0 spiro atoms. The van der Waals surface area contributed by atoms with Crippen LogP contribution in [0.25, 0.3) is 11.3 Å². The van der Waals surface area contributed by atoms with Gasteiger partial charge in [0, 0.05) is 30.8 Å². The minimum Gasteiger partial charge on any atom is -0.481 e. The molecule has 0 saturated heterocycles. The number of nitrogens with zero attached hydrogens (tertiary/aromatic N) is 3. The highest BCUT2D eigenvalue weighted by Gasteiger charge is 2.17. The van der Waals surface area contributed by atoms with Gasteiger partial charge in [0.1, 0.15) is 5.82 Å². The minimum atomic E-state index is -0.815. The monoisotopic (exact) mass is 355 g/mol. The molecular formula is C20H22FN3O2. The van der Waals surface area contributed by atoms with E-state index in [1.165, 1.54) is 12.1 Å². The highest BCUT2D eigenvalue weighted by molar-refractivity contribution is 5.68. The summed E-state index contributed by atoms with van der Waals surface area (Å²) in [6, 6.07) is 8.12. The van der Waals surface area contributed by atoms with Crippen molar-refractivity contribution in [3.05, 3.63) is 65.2 Å². The highest BCUT2D eigenvalue weighted by Crippen LogP contribution is 2.32. The van der Waals surface area contributed by atoms with Crippen LogP contribution in [0.1, 0.15) is 36.6 Å². The van der Waals surface area contributed by atoms with Crippen molar-refractivity contribution in [1.82, 2.24) is 14.8 Å². The van der Waals surface area contributed by atoms with Crippen molar-refractivity contribution >= 4 is 0 Å². The Balaban J connectivity index is 2.10. The lowest BCUT2D eigenvalue weighted by Gasteiger charge is -2.15. The Morgan fingerprint density at radius 3 is 2.73 bits per heavy atom. The van der Waals surface area contributed by atoms with Crippen LogP contribution in [0.4, 0.5) is 4.39 Å². The van der Waals surface area contributed by atoms with Crippen molar-refractivity contribution in [1.29, 1.82) is 0 Å². The number of hydrogen-bond donors (Lipinski definition) is 1. The van der Waals surface area contributed by atoms with Crippen LogP contribution in [-0.4, -0.2) is 27.0 Å². The quantitative estimate of drug-likeness (QED) is 0.731. The van der Waals surface area contributed by atoms with Crippen molar-refractivity contribution in [2.75, 3.05) is 7.11 Å². The summed E-state index contributed by atoms with van der Waals surface area (Å²) in [6.07, 6.45) is 3.64. The maximum Gasteiger partial charge on any atom is 0.213 e. The molecule has 5 nitrogen and oxygen atoms in total. The molecule has 1 aromatic carbocycles. The van der Waals surface area contributed by atoms with Gasteiger partial charge in [-0.1, -0.05) is 6.07 Å². The van der Waals surface area contributed by atoms with E-state index in [0.29, 0.717) is 29.1 Å². The molecule has 1 N–H and O–H groups in total. The molecule has 0 bridgehead atoms. The number of aliphatic hydroxyl groups excluding tert-OH is 1. The van der Waals surface area contributed by atoms with Gasteiger partial charge >= 0.3 is 0 Å². The Hall–Kier alpha value is -2.73. The zero-order valence-electron chi connectivity index (χ0n) is 15.1. The normalized spacial score (nSPS) is 12.2. The summed E-state index contributed by atoms with van der Waals surface area (Å²) in [7, 11) is 1.55. The van der Waals surface area contributed by atoms with Gasteiger partial charge in [-0.3, -0.25) is 4.68 Å². The molecule has 0 aliphatic heterocycles. The van der Waals surface area contributed by atoms with Gasteiger partial charge in [0.25, 0.3) is 0 Å². The molecule has 1 atom stereocenters. The summed E-state index contributed by atoms with van der Waals surface area (Å²) in [5, 5.41) is 14.4. The SMILES string of the molecule is CCn1cc(Cc2ccc(OC)nc2-c2ccc(F)cc2C(C)O)cn1. The van der Waals surface area contributed by atoms with Crippen LogP contribution in [0.2, 0.25) is 0 Å². The lowest BCUT2D eigenvalue weighted by molar-refractivity contribution is 0.199. The Morgan fingerprint density at radius 2 is 2.08 bits per heavy atom. The van der Waals surface area contributed by atoms with E-state index < -0.39 is 11.9 Å². The second kappa shape index (κ2) is 7.66. The molecule has 2 aromatic heterocycles. The predicted octanol–water partition coefficient (Wildman–Crippen LogP) is 3.76. The van der Waals surface area contributed by atoms with Gasteiger partial charge < -0.3 is 9.84 Å². The largest absolute Gasteiger partial charge is 0.481 e. The first-order valence-electron chi connectivity index (χ1n) is 8.55. The van der Waals surface area contributed by atoms with E-state index in [-0.39, 0.29) is 0 Å². The van der Waals surface area contributed by atoms with Crippen LogP contribution in [-0.2, 0) is 13.0 Å². The first kappa shape index (κ1) is 18.1. The molecule has 136 valence electrons. The molecule has 0 aliphatic rings. The molecular weight excluding hydrogens is 333 g/mol. The second-order valence-electron chi connectivity index (χ2n) is 6.15. The van der Waals surface area contributed by atoms with Crippen LogP contribution in [0.3, 0.4) is 0 Å². The summed E-state index contributed by atoms with van der Waals surface area (Å²) in [5.41, 5.74) is 3.87. The number of aliphatic hydroxyl groups is 1. The van der Waals surface area contributed by atoms with Crippen LogP contribution in [0.15, 0.2) is 42.7 Å². The number of rotatable bonds is 6. The lowest BCUT2D eigenvalue weighted by Crippen LogP contribution is -2.02. The Bertz CT molecular complexity index is 906. The molecule has 0 aliphatic carbocycles.